The number of rotatable bonds is 3. The monoisotopic (exact) mass is 248 g/mol. The Hall–Kier alpha value is -2.01. The molecule has 0 saturated carbocycles. The lowest BCUT2D eigenvalue weighted by molar-refractivity contribution is 0.103. The van der Waals surface area contributed by atoms with E-state index in [-0.39, 0.29) is 5.91 Å². The number of thiophene rings is 1. The fourth-order valence-corrected chi connectivity index (χ4v) is 1.99. The van der Waals surface area contributed by atoms with E-state index in [1.807, 2.05) is 11.4 Å². The van der Waals surface area contributed by atoms with Gasteiger partial charge in [0, 0.05) is 6.07 Å². The zero-order valence-corrected chi connectivity index (χ0v) is 10.1. The second-order valence-electron chi connectivity index (χ2n) is 3.38. The lowest BCUT2D eigenvalue weighted by Crippen LogP contribution is -2.11. The van der Waals surface area contributed by atoms with Gasteiger partial charge < -0.3 is 15.8 Å². The molecular formula is C12H12N2O2S. The standard InChI is InChI=1S/C12H12N2O2S/c1-16-8-4-5-10(9(13)7-8)14-12(15)11-3-2-6-17-11/h2-7H,13H2,1H3,(H,14,15). The van der Waals surface area contributed by atoms with Crippen LogP contribution in [-0.2, 0) is 0 Å². The second-order valence-corrected chi connectivity index (χ2v) is 4.33. The lowest BCUT2D eigenvalue weighted by atomic mass is 10.2. The average molecular weight is 248 g/mol. The van der Waals surface area contributed by atoms with Gasteiger partial charge in [-0.05, 0) is 23.6 Å². The molecule has 2 rings (SSSR count). The van der Waals surface area contributed by atoms with Gasteiger partial charge in [-0.3, -0.25) is 4.79 Å². The number of hydrogen-bond acceptors (Lipinski definition) is 4. The fourth-order valence-electron chi connectivity index (χ4n) is 1.37. The second kappa shape index (κ2) is 4.88. The molecule has 17 heavy (non-hydrogen) atoms. The summed E-state index contributed by atoms with van der Waals surface area (Å²) in [7, 11) is 1.57. The van der Waals surface area contributed by atoms with Crippen LogP contribution in [0.1, 0.15) is 9.67 Å². The van der Waals surface area contributed by atoms with Crippen molar-refractivity contribution < 1.29 is 9.53 Å². The predicted molar refractivity (Wildman–Crippen MR) is 69.7 cm³/mol. The highest BCUT2D eigenvalue weighted by atomic mass is 32.1. The van der Waals surface area contributed by atoms with Crippen molar-refractivity contribution in [3.8, 4) is 5.75 Å². The molecule has 88 valence electrons. The summed E-state index contributed by atoms with van der Waals surface area (Å²) in [6, 6.07) is 8.74. The molecule has 1 heterocycles. The summed E-state index contributed by atoms with van der Waals surface area (Å²) < 4.78 is 5.04. The third kappa shape index (κ3) is 2.57. The molecule has 0 radical (unpaired) electrons. The number of carbonyl (C=O) groups excluding carboxylic acids is 1. The average Bonchev–Trinajstić information content (AvgIpc) is 2.85. The van der Waals surface area contributed by atoms with Crippen LogP contribution in [0.25, 0.3) is 0 Å². The van der Waals surface area contributed by atoms with Gasteiger partial charge in [0.25, 0.3) is 5.91 Å². The maximum atomic E-state index is 11.8. The number of amides is 1. The lowest BCUT2D eigenvalue weighted by Gasteiger charge is -2.08. The number of carbonyl (C=O) groups is 1. The minimum Gasteiger partial charge on any atom is -0.497 e. The third-order valence-corrected chi connectivity index (χ3v) is 3.12. The van der Waals surface area contributed by atoms with E-state index in [1.54, 1.807) is 31.4 Å². The Morgan fingerprint density at radius 2 is 2.24 bits per heavy atom. The maximum Gasteiger partial charge on any atom is 0.265 e. The zero-order valence-electron chi connectivity index (χ0n) is 9.27. The first-order valence-electron chi connectivity index (χ1n) is 4.99. The summed E-state index contributed by atoms with van der Waals surface area (Å²) in [4.78, 5) is 12.4. The van der Waals surface area contributed by atoms with E-state index in [2.05, 4.69) is 5.32 Å². The minimum absolute atomic E-state index is 0.156. The van der Waals surface area contributed by atoms with Crippen LogP contribution in [0.3, 0.4) is 0 Å². The third-order valence-electron chi connectivity index (χ3n) is 2.25. The molecule has 1 aromatic carbocycles. The molecule has 0 fully saturated rings. The van der Waals surface area contributed by atoms with Gasteiger partial charge in [-0.15, -0.1) is 11.3 Å². The van der Waals surface area contributed by atoms with Crippen molar-refractivity contribution in [2.75, 3.05) is 18.2 Å². The normalized spacial score (nSPS) is 9.94. The molecule has 3 N–H and O–H groups in total. The number of nitrogens with two attached hydrogens (primary N) is 1. The number of ether oxygens (including phenoxy) is 1. The van der Waals surface area contributed by atoms with Crippen LogP contribution in [-0.4, -0.2) is 13.0 Å². The Balaban J connectivity index is 2.16. The van der Waals surface area contributed by atoms with E-state index in [1.165, 1.54) is 11.3 Å². The van der Waals surface area contributed by atoms with Gasteiger partial charge >= 0.3 is 0 Å². The van der Waals surface area contributed by atoms with Crippen molar-refractivity contribution >= 4 is 28.6 Å². The van der Waals surface area contributed by atoms with E-state index in [9.17, 15) is 4.79 Å². The molecule has 4 nitrogen and oxygen atoms in total. The Morgan fingerprint density at radius 3 is 2.82 bits per heavy atom. The topological polar surface area (TPSA) is 64.3 Å². The van der Waals surface area contributed by atoms with E-state index in [0.717, 1.165) is 0 Å². The molecule has 0 saturated heterocycles. The highest BCUT2D eigenvalue weighted by Gasteiger charge is 2.09. The number of nitrogens with one attached hydrogen (secondary N) is 1. The molecule has 0 spiro atoms. The molecule has 0 atom stereocenters. The number of methoxy groups -OCH3 is 1. The molecule has 1 aromatic heterocycles. The van der Waals surface area contributed by atoms with Crippen molar-refractivity contribution in [1.29, 1.82) is 0 Å². The fraction of sp³-hybridized carbons (Fsp3) is 0.0833. The van der Waals surface area contributed by atoms with Gasteiger partial charge in [-0.1, -0.05) is 6.07 Å². The van der Waals surface area contributed by atoms with Gasteiger partial charge in [0.05, 0.1) is 23.4 Å². The van der Waals surface area contributed by atoms with E-state index < -0.39 is 0 Å². The Kier molecular flexibility index (Phi) is 3.30. The van der Waals surface area contributed by atoms with Crippen molar-refractivity contribution in [1.82, 2.24) is 0 Å². The van der Waals surface area contributed by atoms with Gasteiger partial charge in [-0.2, -0.15) is 0 Å². The van der Waals surface area contributed by atoms with Crippen molar-refractivity contribution in [3.63, 3.8) is 0 Å². The Bertz CT molecular complexity index is 523. The quantitative estimate of drug-likeness (QED) is 0.820. The van der Waals surface area contributed by atoms with Gasteiger partial charge in [-0.25, -0.2) is 0 Å². The summed E-state index contributed by atoms with van der Waals surface area (Å²) in [5.41, 5.74) is 6.88. The van der Waals surface area contributed by atoms with E-state index in [0.29, 0.717) is 22.0 Å². The van der Waals surface area contributed by atoms with Crippen LogP contribution < -0.4 is 15.8 Å². The number of nitrogen functional groups attached to an aromatic ring is 1. The minimum atomic E-state index is -0.156. The molecule has 0 aliphatic rings. The van der Waals surface area contributed by atoms with Crippen molar-refractivity contribution in [2.24, 2.45) is 0 Å². The van der Waals surface area contributed by atoms with Gasteiger partial charge in [0.1, 0.15) is 5.75 Å². The Labute approximate surface area is 103 Å². The van der Waals surface area contributed by atoms with Crippen LogP contribution in [0.4, 0.5) is 11.4 Å². The highest BCUT2D eigenvalue weighted by molar-refractivity contribution is 7.12. The molecular weight excluding hydrogens is 236 g/mol. The number of benzene rings is 1. The number of anilines is 2. The molecule has 0 bridgehead atoms. The van der Waals surface area contributed by atoms with Gasteiger partial charge in [0.2, 0.25) is 0 Å². The molecule has 2 aromatic rings. The van der Waals surface area contributed by atoms with Crippen LogP contribution in [0, 0.1) is 0 Å². The van der Waals surface area contributed by atoms with Gasteiger partial charge in [0.15, 0.2) is 0 Å². The number of hydrogen-bond donors (Lipinski definition) is 2. The predicted octanol–water partition coefficient (Wildman–Crippen LogP) is 2.59. The van der Waals surface area contributed by atoms with Crippen LogP contribution in [0.15, 0.2) is 35.7 Å². The van der Waals surface area contributed by atoms with Crippen LogP contribution >= 0.6 is 11.3 Å². The summed E-state index contributed by atoms with van der Waals surface area (Å²) >= 11 is 1.39. The van der Waals surface area contributed by atoms with Crippen molar-refractivity contribution in [3.05, 3.63) is 40.6 Å². The summed E-state index contributed by atoms with van der Waals surface area (Å²) in [6.45, 7) is 0. The SMILES string of the molecule is COc1ccc(NC(=O)c2cccs2)c(N)c1. The summed E-state index contributed by atoms with van der Waals surface area (Å²) in [5, 5.41) is 4.61. The molecule has 5 heteroatoms. The maximum absolute atomic E-state index is 11.8. The van der Waals surface area contributed by atoms with Crippen molar-refractivity contribution in [2.45, 2.75) is 0 Å². The molecule has 0 aliphatic carbocycles. The first-order valence-corrected chi connectivity index (χ1v) is 5.87. The summed E-state index contributed by atoms with van der Waals surface area (Å²) in [5.74, 6) is 0.508. The Morgan fingerprint density at radius 1 is 1.41 bits per heavy atom. The molecule has 0 unspecified atom stereocenters. The van der Waals surface area contributed by atoms with Crippen LogP contribution in [0.2, 0.25) is 0 Å². The van der Waals surface area contributed by atoms with E-state index in [4.69, 9.17) is 10.5 Å². The smallest absolute Gasteiger partial charge is 0.265 e. The molecule has 0 aliphatic heterocycles. The largest absolute Gasteiger partial charge is 0.497 e. The van der Waals surface area contributed by atoms with E-state index >= 15 is 0 Å². The zero-order chi connectivity index (χ0) is 12.3. The molecule has 1 amide bonds. The summed E-state index contributed by atoms with van der Waals surface area (Å²) in [6.07, 6.45) is 0. The first kappa shape index (κ1) is 11.5. The highest BCUT2D eigenvalue weighted by Crippen LogP contribution is 2.24. The first-order chi connectivity index (χ1) is 8.20. The van der Waals surface area contributed by atoms with Crippen LogP contribution in [0.5, 0.6) is 5.75 Å².